The van der Waals surface area contributed by atoms with Gasteiger partial charge in [-0.05, 0) is 26.2 Å². The smallest absolute Gasteiger partial charge is 0.225 e. The summed E-state index contributed by atoms with van der Waals surface area (Å²) in [7, 11) is 0. The highest BCUT2D eigenvalue weighted by Crippen LogP contribution is 2.17. The van der Waals surface area contributed by atoms with Gasteiger partial charge in [-0.2, -0.15) is 0 Å². The first-order valence-electron chi connectivity index (χ1n) is 10.6. The van der Waals surface area contributed by atoms with Crippen molar-refractivity contribution in [1.29, 1.82) is 0 Å². The largest absolute Gasteiger partial charge is 0.357 e. The summed E-state index contributed by atoms with van der Waals surface area (Å²) in [5, 5.41) is 9.78. The van der Waals surface area contributed by atoms with E-state index in [9.17, 15) is 9.59 Å². The first kappa shape index (κ1) is 25.0. The SMILES string of the molecule is CCNC(=NCCC(=O)NC1CCCCC1)NC1CCN(C(=O)C(C)C)C1.I. The number of rotatable bonds is 7. The van der Waals surface area contributed by atoms with Crippen LogP contribution < -0.4 is 16.0 Å². The summed E-state index contributed by atoms with van der Waals surface area (Å²) < 4.78 is 0. The molecule has 0 aromatic rings. The normalized spacial score (nSPS) is 20.6. The van der Waals surface area contributed by atoms with Crippen LogP contribution in [-0.2, 0) is 9.59 Å². The van der Waals surface area contributed by atoms with Crippen molar-refractivity contribution in [3.8, 4) is 0 Å². The molecule has 0 spiro atoms. The summed E-state index contributed by atoms with van der Waals surface area (Å²) in [4.78, 5) is 30.7. The fraction of sp³-hybridized carbons (Fsp3) is 0.850. The molecule has 8 heteroatoms. The third-order valence-electron chi connectivity index (χ3n) is 5.26. The van der Waals surface area contributed by atoms with Crippen molar-refractivity contribution in [3.05, 3.63) is 0 Å². The molecule has 1 saturated heterocycles. The topological polar surface area (TPSA) is 85.8 Å². The molecule has 0 aromatic carbocycles. The average molecular weight is 507 g/mol. The zero-order chi connectivity index (χ0) is 19.6. The van der Waals surface area contributed by atoms with Gasteiger partial charge in [0, 0.05) is 44.1 Å². The van der Waals surface area contributed by atoms with Crippen molar-refractivity contribution in [2.24, 2.45) is 10.9 Å². The Morgan fingerprint density at radius 1 is 1.07 bits per heavy atom. The molecule has 28 heavy (non-hydrogen) atoms. The van der Waals surface area contributed by atoms with Crippen molar-refractivity contribution in [2.45, 2.75) is 77.8 Å². The quantitative estimate of drug-likeness (QED) is 0.281. The Labute approximate surface area is 186 Å². The van der Waals surface area contributed by atoms with Crippen LogP contribution in [0, 0.1) is 5.92 Å². The summed E-state index contributed by atoms with van der Waals surface area (Å²) in [5.74, 6) is 1.07. The molecule has 1 heterocycles. The summed E-state index contributed by atoms with van der Waals surface area (Å²) in [6, 6.07) is 0.561. The van der Waals surface area contributed by atoms with Gasteiger partial charge in [-0.15, -0.1) is 24.0 Å². The van der Waals surface area contributed by atoms with Crippen molar-refractivity contribution < 1.29 is 9.59 Å². The van der Waals surface area contributed by atoms with E-state index in [0.717, 1.165) is 38.3 Å². The van der Waals surface area contributed by atoms with Crippen LogP contribution in [0.25, 0.3) is 0 Å². The van der Waals surface area contributed by atoms with E-state index in [1.165, 1.54) is 19.3 Å². The minimum Gasteiger partial charge on any atom is -0.357 e. The fourth-order valence-corrected chi connectivity index (χ4v) is 3.77. The third-order valence-corrected chi connectivity index (χ3v) is 5.26. The summed E-state index contributed by atoms with van der Waals surface area (Å²) in [6.07, 6.45) is 7.26. The maximum atomic E-state index is 12.1. The standard InChI is InChI=1S/C20H37N5O2.HI/c1-4-21-20(24-17-11-13-25(14-17)19(27)15(2)3)22-12-10-18(26)23-16-8-6-5-7-9-16;/h15-17H,4-14H2,1-3H3,(H,23,26)(H2,21,22,24);1H. The van der Waals surface area contributed by atoms with Crippen LogP contribution in [-0.4, -0.2) is 60.9 Å². The van der Waals surface area contributed by atoms with Crippen molar-refractivity contribution in [3.63, 3.8) is 0 Å². The molecule has 162 valence electrons. The predicted octanol–water partition coefficient (Wildman–Crippen LogP) is 2.26. The molecule has 2 fully saturated rings. The van der Waals surface area contributed by atoms with Gasteiger partial charge < -0.3 is 20.9 Å². The minimum atomic E-state index is 0. The van der Waals surface area contributed by atoms with E-state index in [0.29, 0.717) is 25.6 Å². The average Bonchev–Trinajstić information content (AvgIpc) is 3.10. The molecule has 2 rings (SSSR count). The molecule has 2 amide bonds. The Bertz CT molecular complexity index is 521. The number of nitrogens with one attached hydrogen (secondary N) is 3. The van der Waals surface area contributed by atoms with Crippen molar-refractivity contribution in [2.75, 3.05) is 26.2 Å². The van der Waals surface area contributed by atoms with E-state index in [1.807, 2.05) is 25.7 Å². The monoisotopic (exact) mass is 507 g/mol. The Morgan fingerprint density at radius 2 is 1.79 bits per heavy atom. The Balaban J connectivity index is 0.00000392. The summed E-state index contributed by atoms with van der Waals surface area (Å²) >= 11 is 0. The highest BCUT2D eigenvalue weighted by Gasteiger charge is 2.28. The van der Waals surface area contributed by atoms with Crippen LogP contribution in [0.3, 0.4) is 0 Å². The van der Waals surface area contributed by atoms with E-state index in [1.54, 1.807) is 0 Å². The van der Waals surface area contributed by atoms with Gasteiger partial charge in [0.15, 0.2) is 5.96 Å². The van der Waals surface area contributed by atoms with Gasteiger partial charge in [-0.1, -0.05) is 33.1 Å². The van der Waals surface area contributed by atoms with Crippen LogP contribution in [0.1, 0.15) is 65.7 Å². The van der Waals surface area contributed by atoms with Crippen LogP contribution in [0.4, 0.5) is 0 Å². The lowest BCUT2D eigenvalue weighted by Gasteiger charge is -2.22. The molecule has 7 nitrogen and oxygen atoms in total. The van der Waals surface area contributed by atoms with Gasteiger partial charge in [0.2, 0.25) is 11.8 Å². The molecule has 0 aromatic heterocycles. The molecule has 3 N–H and O–H groups in total. The zero-order valence-corrected chi connectivity index (χ0v) is 20.0. The number of likely N-dealkylation sites (tertiary alicyclic amines) is 1. The summed E-state index contributed by atoms with van der Waals surface area (Å²) in [6.45, 7) is 8.63. The lowest BCUT2D eigenvalue weighted by atomic mass is 9.95. The zero-order valence-electron chi connectivity index (χ0n) is 17.6. The van der Waals surface area contributed by atoms with Gasteiger partial charge in [0.05, 0.1) is 6.54 Å². The number of carbonyl (C=O) groups is 2. The molecule has 0 radical (unpaired) electrons. The van der Waals surface area contributed by atoms with Crippen LogP contribution >= 0.6 is 24.0 Å². The Kier molecular flexibility index (Phi) is 11.8. The third kappa shape index (κ3) is 8.53. The molecule has 2 aliphatic rings. The molecule has 1 aliphatic heterocycles. The van der Waals surface area contributed by atoms with Crippen LogP contribution in [0.5, 0.6) is 0 Å². The number of hydrogen-bond donors (Lipinski definition) is 3. The highest BCUT2D eigenvalue weighted by molar-refractivity contribution is 14.0. The number of carbonyl (C=O) groups excluding carboxylic acids is 2. The number of hydrogen-bond acceptors (Lipinski definition) is 3. The number of nitrogens with zero attached hydrogens (tertiary/aromatic N) is 2. The van der Waals surface area contributed by atoms with E-state index >= 15 is 0 Å². The van der Waals surface area contributed by atoms with E-state index in [2.05, 4.69) is 20.9 Å². The lowest BCUT2D eigenvalue weighted by molar-refractivity contribution is -0.133. The number of guanidine groups is 1. The highest BCUT2D eigenvalue weighted by atomic mass is 127. The fourth-order valence-electron chi connectivity index (χ4n) is 3.77. The van der Waals surface area contributed by atoms with E-state index < -0.39 is 0 Å². The Morgan fingerprint density at radius 3 is 2.43 bits per heavy atom. The number of halogens is 1. The van der Waals surface area contributed by atoms with E-state index in [4.69, 9.17) is 0 Å². The van der Waals surface area contributed by atoms with E-state index in [-0.39, 0.29) is 47.8 Å². The van der Waals surface area contributed by atoms with Crippen molar-refractivity contribution in [1.82, 2.24) is 20.9 Å². The molecular formula is C20H38IN5O2. The maximum Gasteiger partial charge on any atom is 0.225 e. The summed E-state index contributed by atoms with van der Waals surface area (Å²) in [5.41, 5.74) is 0. The Hall–Kier alpha value is -1.06. The second-order valence-electron chi connectivity index (χ2n) is 7.98. The molecule has 1 unspecified atom stereocenters. The predicted molar refractivity (Wildman–Crippen MR) is 124 cm³/mol. The second-order valence-corrected chi connectivity index (χ2v) is 7.98. The minimum absolute atomic E-state index is 0. The van der Waals surface area contributed by atoms with Crippen LogP contribution in [0.15, 0.2) is 4.99 Å². The molecule has 1 atom stereocenters. The van der Waals surface area contributed by atoms with Gasteiger partial charge in [-0.3, -0.25) is 14.6 Å². The maximum absolute atomic E-state index is 12.1. The van der Waals surface area contributed by atoms with Gasteiger partial charge >= 0.3 is 0 Å². The first-order chi connectivity index (χ1) is 13.0. The molecular weight excluding hydrogens is 469 g/mol. The lowest BCUT2D eigenvalue weighted by Crippen LogP contribution is -2.45. The van der Waals surface area contributed by atoms with Gasteiger partial charge in [0.1, 0.15) is 0 Å². The van der Waals surface area contributed by atoms with Crippen molar-refractivity contribution >= 4 is 41.8 Å². The second kappa shape index (κ2) is 13.2. The molecule has 0 bridgehead atoms. The number of amides is 2. The van der Waals surface area contributed by atoms with Crippen LogP contribution in [0.2, 0.25) is 0 Å². The van der Waals surface area contributed by atoms with Gasteiger partial charge in [0.25, 0.3) is 0 Å². The first-order valence-corrected chi connectivity index (χ1v) is 10.6. The molecule has 1 saturated carbocycles. The van der Waals surface area contributed by atoms with Gasteiger partial charge in [-0.25, -0.2) is 0 Å². The number of aliphatic imine (C=N–C) groups is 1. The molecule has 1 aliphatic carbocycles.